The summed E-state index contributed by atoms with van der Waals surface area (Å²) in [6.07, 6.45) is 1.87. The molecule has 0 spiro atoms. The fraction of sp³-hybridized carbons (Fsp3) is 0.133. The molecule has 0 aliphatic carbocycles. The van der Waals surface area contributed by atoms with Crippen LogP contribution in [-0.2, 0) is 6.54 Å². The van der Waals surface area contributed by atoms with Gasteiger partial charge in [0.2, 0.25) is 0 Å². The summed E-state index contributed by atoms with van der Waals surface area (Å²) in [6, 6.07) is 17.1. The number of ether oxygens (including phenoxy) is 1. The quantitative estimate of drug-likeness (QED) is 0.700. The first-order chi connectivity index (χ1) is 8.86. The Bertz CT molecular complexity index is 656. The van der Waals surface area contributed by atoms with Crippen LogP contribution in [0.5, 0.6) is 5.75 Å². The number of para-hydroxylation sites is 2. The summed E-state index contributed by atoms with van der Waals surface area (Å²) in [5.74, 6) is 0.759. The van der Waals surface area contributed by atoms with Crippen molar-refractivity contribution in [2.45, 2.75) is 6.54 Å². The van der Waals surface area contributed by atoms with Crippen molar-refractivity contribution in [2.24, 2.45) is 0 Å². The molecule has 18 heavy (non-hydrogen) atoms. The highest BCUT2D eigenvalue weighted by molar-refractivity contribution is 5.75. The molecule has 0 fully saturated rings. The minimum Gasteiger partial charge on any atom is -0.496 e. The van der Waals surface area contributed by atoms with Gasteiger partial charge in [0, 0.05) is 12.6 Å². The van der Waals surface area contributed by atoms with Crippen LogP contribution in [0.4, 0.5) is 0 Å². The van der Waals surface area contributed by atoms with Crippen LogP contribution < -0.4 is 4.74 Å². The molecule has 2 aromatic carbocycles. The van der Waals surface area contributed by atoms with Crippen LogP contribution in [0.15, 0.2) is 48.8 Å². The van der Waals surface area contributed by atoms with Crippen LogP contribution >= 0.6 is 0 Å². The second kappa shape index (κ2) is 4.53. The molecule has 0 aliphatic heterocycles. The lowest BCUT2D eigenvalue weighted by molar-refractivity contribution is 0.413. The maximum absolute atomic E-state index is 5.10. The van der Waals surface area contributed by atoms with Crippen LogP contribution in [0, 0.1) is 6.07 Å². The standard InChI is InChI=1S/C15H13N2O/c1-18-13-8-6-12(7-9-13)10-17-11-16-14-4-2-3-5-15(14)17/h2-8,11H,10H2,1H3. The Morgan fingerprint density at radius 2 is 2.11 bits per heavy atom. The first-order valence-electron chi connectivity index (χ1n) is 5.81. The van der Waals surface area contributed by atoms with Gasteiger partial charge in [-0.2, -0.15) is 0 Å². The van der Waals surface area contributed by atoms with Gasteiger partial charge in [-0.05, 0) is 29.8 Å². The first-order valence-corrected chi connectivity index (χ1v) is 5.81. The molecule has 0 saturated carbocycles. The van der Waals surface area contributed by atoms with Crippen molar-refractivity contribution >= 4 is 11.0 Å². The van der Waals surface area contributed by atoms with Gasteiger partial charge in [-0.25, -0.2) is 4.98 Å². The van der Waals surface area contributed by atoms with E-state index < -0.39 is 0 Å². The number of benzene rings is 2. The van der Waals surface area contributed by atoms with Crippen LogP contribution in [0.25, 0.3) is 11.0 Å². The van der Waals surface area contributed by atoms with Crippen molar-refractivity contribution in [2.75, 3.05) is 7.11 Å². The van der Waals surface area contributed by atoms with E-state index in [0.29, 0.717) is 0 Å². The van der Waals surface area contributed by atoms with Crippen molar-refractivity contribution in [1.29, 1.82) is 0 Å². The topological polar surface area (TPSA) is 27.1 Å². The van der Waals surface area contributed by atoms with Crippen molar-refractivity contribution in [3.8, 4) is 5.75 Å². The first kappa shape index (κ1) is 10.8. The van der Waals surface area contributed by atoms with Crippen LogP contribution in [0.2, 0.25) is 0 Å². The van der Waals surface area contributed by atoms with Gasteiger partial charge in [-0.15, -0.1) is 0 Å². The summed E-state index contributed by atoms with van der Waals surface area (Å²) in [5, 5.41) is 0. The van der Waals surface area contributed by atoms with Gasteiger partial charge in [0.05, 0.1) is 24.5 Å². The predicted molar refractivity (Wildman–Crippen MR) is 70.7 cm³/mol. The lowest BCUT2D eigenvalue weighted by atomic mass is 10.2. The number of hydrogen-bond donors (Lipinski definition) is 0. The summed E-state index contributed by atoms with van der Waals surface area (Å²) in [6.45, 7) is 0.793. The van der Waals surface area contributed by atoms with E-state index in [1.165, 1.54) is 5.56 Å². The molecule has 0 saturated heterocycles. The molecule has 1 aromatic heterocycles. The summed E-state index contributed by atoms with van der Waals surface area (Å²) in [5.41, 5.74) is 3.35. The van der Waals surface area contributed by atoms with Gasteiger partial charge < -0.3 is 9.30 Å². The highest BCUT2D eigenvalue weighted by Gasteiger charge is 2.02. The second-order valence-corrected chi connectivity index (χ2v) is 4.13. The smallest absolute Gasteiger partial charge is 0.126 e. The van der Waals surface area contributed by atoms with Gasteiger partial charge >= 0.3 is 0 Å². The van der Waals surface area contributed by atoms with E-state index in [0.717, 1.165) is 23.3 Å². The number of nitrogens with zero attached hydrogens (tertiary/aromatic N) is 2. The van der Waals surface area contributed by atoms with Crippen molar-refractivity contribution < 1.29 is 4.74 Å². The Kier molecular flexibility index (Phi) is 2.73. The van der Waals surface area contributed by atoms with E-state index in [4.69, 9.17) is 4.74 Å². The second-order valence-electron chi connectivity index (χ2n) is 4.13. The van der Waals surface area contributed by atoms with Gasteiger partial charge in [-0.1, -0.05) is 18.2 Å². The van der Waals surface area contributed by atoms with E-state index in [2.05, 4.69) is 21.7 Å². The predicted octanol–water partition coefficient (Wildman–Crippen LogP) is 2.89. The largest absolute Gasteiger partial charge is 0.496 e. The summed E-state index contributed by atoms with van der Waals surface area (Å²) in [7, 11) is 1.65. The van der Waals surface area contributed by atoms with Crippen molar-refractivity contribution in [3.63, 3.8) is 0 Å². The molecule has 0 unspecified atom stereocenters. The van der Waals surface area contributed by atoms with Crippen molar-refractivity contribution in [3.05, 3.63) is 60.4 Å². The minimum absolute atomic E-state index is 0.759. The Morgan fingerprint density at radius 1 is 1.22 bits per heavy atom. The molecular weight excluding hydrogens is 224 g/mol. The molecule has 0 N–H and O–H groups in total. The van der Waals surface area contributed by atoms with E-state index in [1.807, 2.05) is 42.7 Å². The zero-order chi connectivity index (χ0) is 12.4. The Hall–Kier alpha value is -2.29. The maximum atomic E-state index is 5.10. The number of imidazole rings is 1. The Labute approximate surface area is 106 Å². The molecule has 3 aromatic rings. The van der Waals surface area contributed by atoms with Gasteiger partial charge in [-0.3, -0.25) is 0 Å². The number of rotatable bonds is 3. The molecule has 89 valence electrons. The highest BCUT2D eigenvalue weighted by atomic mass is 16.5. The molecule has 0 aliphatic rings. The number of hydrogen-bond acceptors (Lipinski definition) is 2. The summed E-state index contributed by atoms with van der Waals surface area (Å²) < 4.78 is 7.23. The summed E-state index contributed by atoms with van der Waals surface area (Å²) >= 11 is 0. The number of fused-ring (bicyclic) bond motifs is 1. The SMILES string of the molecule is COc1[c]cc(Cn2cnc3ccccc32)cc1. The third-order valence-electron chi connectivity index (χ3n) is 2.95. The van der Waals surface area contributed by atoms with Gasteiger partial charge in [0.1, 0.15) is 5.75 Å². The molecule has 1 heterocycles. The van der Waals surface area contributed by atoms with Crippen molar-refractivity contribution in [1.82, 2.24) is 9.55 Å². The van der Waals surface area contributed by atoms with E-state index in [-0.39, 0.29) is 0 Å². The molecule has 0 amide bonds. The molecule has 0 atom stereocenters. The third kappa shape index (κ3) is 1.95. The Balaban J connectivity index is 1.91. The van der Waals surface area contributed by atoms with E-state index in [1.54, 1.807) is 7.11 Å². The zero-order valence-corrected chi connectivity index (χ0v) is 10.1. The average Bonchev–Trinajstić information content (AvgIpc) is 2.83. The molecule has 1 radical (unpaired) electrons. The third-order valence-corrected chi connectivity index (χ3v) is 2.95. The monoisotopic (exact) mass is 237 g/mol. The lowest BCUT2D eigenvalue weighted by Crippen LogP contribution is -1.97. The number of methoxy groups -OCH3 is 1. The fourth-order valence-electron chi connectivity index (χ4n) is 2.00. The molecular formula is C15H13N2O. The lowest BCUT2D eigenvalue weighted by Gasteiger charge is -2.05. The molecule has 3 nitrogen and oxygen atoms in total. The zero-order valence-electron chi connectivity index (χ0n) is 10.1. The molecule has 3 rings (SSSR count). The number of aromatic nitrogens is 2. The molecule has 3 heteroatoms. The normalized spacial score (nSPS) is 10.7. The van der Waals surface area contributed by atoms with Crippen LogP contribution in [-0.4, -0.2) is 16.7 Å². The summed E-state index contributed by atoms with van der Waals surface area (Å²) in [4.78, 5) is 4.38. The fourth-order valence-corrected chi connectivity index (χ4v) is 2.00. The van der Waals surface area contributed by atoms with E-state index >= 15 is 0 Å². The Morgan fingerprint density at radius 3 is 2.89 bits per heavy atom. The highest BCUT2D eigenvalue weighted by Crippen LogP contribution is 2.15. The van der Waals surface area contributed by atoms with E-state index in [9.17, 15) is 0 Å². The average molecular weight is 237 g/mol. The molecule has 0 bridgehead atoms. The maximum Gasteiger partial charge on any atom is 0.126 e. The van der Waals surface area contributed by atoms with Gasteiger partial charge in [0.25, 0.3) is 0 Å². The van der Waals surface area contributed by atoms with Crippen LogP contribution in [0.3, 0.4) is 0 Å². The minimum atomic E-state index is 0.759. The van der Waals surface area contributed by atoms with Gasteiger partial charge in [0.15, 0.2) is 0 Å². The van der Waals surface area contributed by atoms with Crippen LogP contribution in [0.1, 0.15) is 5.56 Å².